The molecule has 0 heterocycles. The normalized spacial score (nSPS) is 12.1. The van der Waals surface area contributed by atoms with Crippen molar-refractivity contribution in [1.82, 2.24) is 5.32 Å². The average molecular weight is 453 g/mol. The summed E-state index contributed by atoms with van der Waals surface area (Å²) in [5, 5.41) is 5.75. The lowest BCUT2D eigenvalue weighted by Crippen LogP contribution is -2.34. The van der Waals surface area contributed by atoms with E-state index in [1.54, 1.807) is 36.4 Å². The van der Waals surface area contributed by atoms with Gasteiger partial charge in [-0.3, -0.25) is 14.4 Å². The Kier molecular flexibility index (Phi) is 8.83. The largest absolute Gasteiger partial charge is 0.325 e. The zero-order chi connectivity index (χ0) is 24.3. The molecule has 0 radical (unpaired) electrons. The second-order valence-corrected chi connectivity index (χ2v) is 7.94. The molecule has 0 aromatic heterocycles. The fourth-order valence-corrected chi connectivity index (χ4v) is 3.31. The van der Waals surface area contributed by atoms with Crippen LogP contribution in [0.25, 0.3) is 12.2 Å². The van der Waals surface area contributed by atoms with E-state index in [1.807, 2.05) is 68.6 Å². The van der Waals surface area contributed by atoms with Crippen LogP contribution in [0.4, 0.5) is 5.69 Å². The van der Waals surface area contributed by atoms with Crippen LogP contribution in [0.15, 0.2) is 91.0 Å². The Morgan fingerprint density at radius 2 is 1.29 bits per heavy atom. The lowest BCUT2D eigenvalue weighted by molar-refractivity contribution is -0.134. The van der Waals surface area contributed by atoms with Crippen molar-refractivity contribution in [3.8, 4) is 0 Å². The predicted molar refractivity (Wildman–Crippen MR) is 137 cm³/mol. The summed E-state index contributed by atoms with van der Waals surface area (Å²) < 4.78 is 0. The quantitative estimate of drug-likeness (QED) is 0.341. The maximum Gasteiger partial charge on any atom is 0.243 e. The molecule has 2 N–H and O–H groups in total. The Morgan fingerprint density at radius 3 is 1.82 bits per heavy atom. The Morgan fingerprint density at radius 1 is 0.765 bits per heavy atom. The lowest BCUT2D eigenvalue weighted by Gasteiger charge is -2.12. The molecule has 1 unspecified atom stereocenters. The summed E-state index contributed by atoms with van der Waals surface area (Å²) in [6.07, 6.45) is 5.81. The number of hydrogen-bond acceptors (Lipinski definition) is 4. The third-order valence-corrected chi connectivity index (χ3v) is 5.19. The number of para-hydroxylation sites is 1. The van der Waals surface area contributed by atoms with Crippen LogP contribution in [0.3, 0.4) is 0 Å². The summed E-state index contributed by atoms with van der Waals surface area (Å²) in [7, 11) is 1.87. The fourth-order valence-electron chi connectivity index (χ4n) is 3.31. The van der Waals surface area contributed by atoms with Gasteiger partial charge in [0.2, 0.25) is 5.91 Å². The van der Waals surface area contributed by atoms with E-state index < -0.39 is 23.4 Å². The topological polar surface area (TPSA) is 75.3 Å². The number of anilines is 1. The molecule has 0 aliphatic rings. The van der Waals surface area contributed by atoms with E-state index in [2.05, 4.69) is 10.6 Å². The van der Waals surface area contributed by atoms with Gasteiger partial charge in [-0.25, -0.2) is 0 Å². The number of hydrogen-bond donors (Lipinski definition) is 2. The molecule has 1 amide bonds. The molecule has 0 aliphatic carbocycles. The number of rotatable bonds is 10. The molecule has 3 aromatic carbocycles. The van der Waals surface area contributed by atoms with Crippen molar-refractivity contribution in [3.63, 3.8) is 0 Å². The van der Waals surface area contributed by atoms with E-state index in [-0.39, 0.29) is 0 Å². The van der Waals surface area contributed by atoms with Gasteiger partial charge in [0.05, 0.1) is 0 Å². The van der Waals surface area contributed by atoms with Gasteiger partial charge in [-0.05, 0) is 54.9 Å². The molecule has 5 heteroatoms. The van der Waals surface area contributed by atoms with E-state index in [0.29, 0.717) is 5.69 Å². The first kappa shape index (κ1) is 24.6. The second-order valence-electron chi connectivity index (χ2n) is 7.94. The van der Waals surface area contributed by atoms with Gasteiger partial charge in [-0.1, -0.05) is 84.4 Å². The molecular formula is C29H28N2O3. The second kappa shape index (κ2) is 12.2. The smallest absolute Gasteiger partial charge is 0.243 e. The van der Waals surface area contributed by atoms with E-state index in [0.717, 1.165) is 28.8 Å². The van der Waals surface area contributed by atoms with Crippen LogP contribution in [0.5, 0.6) is 0 Å². The van der Waals surface area contributed by atoms with Crippen molar-refractivity contribution in [2.75, 3.05) is 12.4 Å². The highest BCUT2D eigenvalue weighted by Crippen LogP contribution is 2.14. The highest BCUT2D eigenvalue weighted by Gasteiger charge is 2.30. The van der Waals surface area contributed by atoms with Crippen LogP contribution >= 0.6 is 0 Å². The average Bonchev–Trinajstić information content (AvgIpc) is 2.84. The van der Waals surface area contributed by atoms with Gasteiger partial charge in [-0.15, -0.1) is 0 Å². The van der Waals surface area contributed by atoms with Crippen molar-refractivity contribution < 1.29 is 14.4 Å². The third-order valence-electron chi connectivity index (χ3n) is 5.19. The summed E-state index contributed by atoms with van der Waals surface area (Å²) in [6, 6.07) is 24.0. The summed E-state index contributed by atoms with van der Waals surface area (Å²) in [5.41, 5.74) is 4.35. The number of aryl methyl sites for hydroxylation is 1. The molecule has 1 atom stereocenters. The number of amides is 1. The number of nitrogens with one attached hydrogen (secondary N) is 2. The number of carbonyl (C=O) groups excluding carboxylic acids is 3. The number of carbonyl (C=O) groups is 3. The molecule has 0 fully saturated rings. The molecule has 0 saturated heterocycles. The number of ketones is 2. The van der Waals surface area contributed by atoms with Crippen molar-refractivity contribution in [2.24, 2.45) is 5.92 Å². The zero-order valence-corrected chi connectivity index (χ0v) is 19.3. The monoisotopic (exact) mass is 452 g/mol. The van der Waals surface area contributed by atoms with Crippen LogP contribution in [-0.4, -0.2) is 24.5 Å². The van der Waals surface area contributed by atoms with Gasteiger partial charge < -0.3 is 10.6 Å². The standard InChI is InChI=1S/C29H28N2O3/c1-21-8-10-22(11-9-21)16-18-26(32)28(29(34)31-25-6-4-3-5-7-25)27(33)19-17-23-12-14-24(15-13-23)20-30-2/h3-19,28,30H,20H2,1-2H3,(H,31,34)/b18-16+,19-17+. The highest BCUT2D eigenvalue weighted by molar-refractivity contribution is 6.28. The summed E-state index contributed by atoms with van der Waals surface area (Å²) >= 11 is 0. The van der Waals surface area contributed by atoms with E-state index in [9.17, 15) is 14.4 Å². The molecule has 0 spiro atoms. The predicted octanol–water partition coefficient (Wildman–Crippen LogP) is 4.83. The summed E-state index contributed by atoms with van der Waals surface area (Å²) in [4.78, 5) is 38.9. The van der Waals surface area contributed by atoms with Crippen molar-refractivity contribution >= 4 is 35.3 Å². The fraction of sp³-hybridized carbons (Fsp3) is 0.138. The summed E-state index contributed by atoms with van der Waals surface area (Å²) in [5.74, 6) is -3.30. The minimum absolute atomic E-state index is 0.518. The molecule has 172 valence electrons. The van der Waals surface area contributed by atoms with Gasteiger partial charge in [0.25, 0.3) is 0 Å². The highest BCUT2D eigenvalue weighted by atomic mass is 16.2. The molecule has 5 nitrogen and oxygen atoms in total. The first-order valence-electron chi connectivity index (χ1n) is 11.1. The summed E-state index contributed by atoms with van der Waals surface area (Å²) in [6.45, 7) is 2.72. The molecular weight excluding hydrogens is 424 g/mol. The van der Waals surface area contributed by atoms with Crippen LogP contribution in [0.1, 0.15) is 22.3 Å². The minimum atomic E-state index is -1.48. The minimum Gasteiger partial charge on any atom is -0.325 e. The van der Waals surface area contributed by atoms with Crippen LogP contribution in [0.2, 0.25) is 0 Å². The van der Waals surface area contributed by atoms with E-state index in [4.69, 9.17) is 0 Å². The Hall–Kier alpha value is -4.09. The molecule has 34 heavy (non-hydrogen) atoms. The first-order chi connectivity index (χ1) is 16.5. The molecule has 0 aliphatic heterocycles. The maximum absolute atomic E-state index is 13.0. The Bertz CT molecular complexity index is 1180. The van der Waals surface area contributed by atoms with Gasteiger partial charge >= 0.3 is 0 Å². The lowest BCUT2D eigenvalue weighted by atomic mass is 9.95. The van der Waals surface area contributed by atoms with Gasteiger partial charge in [0, 0.05) is 12.2 Å². The molecule has 3 aromatic rings. The van der Waals surface area contributed by atoms with E-state index in [1.165, 1.54) is 12.2 Å². The Labute approximate surface area is 200 Å². The molecule has 0 bridgehead atoms. The zero-order valence-electron chi connectivity index (χ0n) is 19.3. The van der Waals surface area contributed by atoms with Crippen molar-refractivity contribution in [2.45, 2.75) is 13.5 Å². The number of benzene rings is 3. The maximum atomic E-state index is 13.0. The van der Waals surface area contributed by atoms with Gasteiger partial charge in [0.1, 0.15) is 0 Å². The van der Waals surface area contributed by atoms with Gasteiger partial charge in [-0.2, -0.15) is 0 Å². The Balaban J connectivity index is 1.80. The SMILES string of the molecule is CNCc1ccc(/C=C/C(=O)C(C(=O)/C=C/c2ccc(C)cc2)C(=O)Nc2ccccc2)cc1. The first-order valence-corrected chi connectivity index (χ1v) is 11.1. The molecule has 3 rings (SSSR count). The van der Waals surface area contributed by atoms with Crippen LogP contribution in [0, 0.1) is 12.8 Å². The number of allylic oxidation sites excluding steroid dienone is 2. The molecule has 0 saturated carbocycles. The van der Waals surface area contributed by atoms with Gasteiger partial charge in [0.15, 0.2) is 17.5 Å². The van der Waals surface area contributed by atoms with Crippen molar-refractivity contribution in [3.05, 3.63) is 113 Å². The van der Waals surface area contributed by atoms with Crippen LogP contribution in [-0.2, 0) is 20.9 Å². The van der Waals surface area contributed by atoms with Crippen molar-refractivity contribution in [1.29, 1.82) is 0 Å². The van der Waals surface area contributed by atoms with Crippen LogP contribution < -0.4 is 10.6 Å². The third kappa shape index (κ3) is 7.22. The van der Waals surface area contributed by atoms with E-state index >= 15 is 0 Å².